The van der Waals surface area contributed by atoms with E-state index in [9.17, 15) is 0 Å². The fraction of sp³-hybridized carbons (Fsp3) is 0.500. The Morgan fingerprint density at radius 3 is 2.79 bits per heavy atom. The molecule has 0 aliphatic heterocycles. The average molecular weight is 282 g/mol. The first-order valence-electron chi connectivity index (χ1n) is 6.40. The van der Waals surface area contributed by atoms with Crippen LogP contribution < -0.4 is 4.74 Å². The van der Waals surface area contributed by atoms with Crippen LogP contribution in [0.2, 0.25) is 0 Å². The van der Waals surface area contributed by atoms with E-state index < -0.39 is 0 Å². The quantitative estimate of drug-likeness (QED) is 0.763. The molecule has 0 saturated carbocycles. The molecule has 0 saturated heterocycles. The van der Waals surface area contributed by atoms with Gasteiger partial charge in [0.1, 0.15) is 17.1 Å². The van der Waals surface area contributed by atoms with E-state index in [2.05, 4.69) is 34.6 Å². The fourth-order valence-corrected chi connectivity index (χ4v) is 2.43. The summed E-state index contributed by atoms with van der Waals surface area (Å²) in [5.74, 6) is 2.12. The molecule has 2 aromatic rings. The Labute approximate surface area is 118 Å². The maximum absolute atomic E-state index is 6.01. The van der Waals surface area contributed by atoms with Crippen molar-refractivity contribution in [3.05, 3.63) is 24.0 Å². The molecule has 0 bridgehead atoms. The summed E-state index contributed by atoms with van der Waals surface area (Å²) in [5.41, 5.74) is 1.99. The second kappa shape index (κ2) is 6.26. The zero-order valence-electron chi connectivity index (χ0n) is 11.7. The van der Waals surface area contributed by atoms with Crippen molar-refractivity contribution in [2.45, 2.75) is 18.8 Å². The lowest BCUT2D eigenvalue weighted by atomic mass is 10.3. The topological polar surface area (TPSA) is 30.3 Å². The summed E-state index contributed by atoms with van der Waals surface area (Å²) in [4.78, 5) is 6.77. The lowest BCUT2D eigenvalue weighted by Crippen LogP contribution is -2.15. The number of ether oxygens (including phenoxy) is 1. The Kier molecular flexibility index (Phi) is 4.66. The first kappa shape index (κ1) is 14.2. The van der Waals surface area contributed by atoms with Gasteiger partial charge < -0.3 is 14.2 Å². The van der Waals surface area contributed by atoms with Gasteiger partial charge >= 0.3 is 0 Å². The van der Waals surface area contributed by atoms with Crippen LogP contribution in [0.1, 0.15) is 12.2 Å². The van der Waals surface area contributed by atoms with Crippen LogP contribution >= 0.6 is 11.6 Å². The molecule has 1 aromatic carbocycles. The molecule has 0 spiro atoms. The highest BCUT2D eigenvalue weighted by molar-refractivity contribution is 6.16. The first-order valence-corrected chi connectivity index (χ1v) is 6.93. The van der Waals surface area contributed by atoms with Crippen LogP contribution in [-0.4, -0.2) is 42.2 Å². The van der Waals surface area contributed by atoms with Crippen molar-refractivity contribution in [1.29, 1.82) is 0 Å². The lowest BCUT2D eigenvalue weighted by Gasteiger charge is -2.11. The van der Waals surface area contributed by atoms with Gasteiger partial charge in [-0.15, -0.1) is 11.6 Å². The van der Waals surface area contributed by atoms with E-state index in [1.807, 2.05) is 12.1 Å². The SMILES string of the molecule is COc1cccc2c1nc(CCl)n2CCCN(C)C. The zero-order chi connectivity index (χ0) is 13.8. The predicted octanol–water partition coefficient (Wildman–Crippen LogP) is 2.74. The van der Waals surface area contributed by atoms with Crippen LogP contribution in [0.25, 0.3) is 11.0 Å². The Hall–Kier alpha value is -1.26. The van der Waals surface area contributed by atoms with Gasteiger partial charge in [0.15, 0.2) is 0 Å². The van der Waals surface area contributed by atoms with Gasteiger partial charge in [0, 0.05) is 6.54 Å². The van der Waals surface area contributed by atoms with E-state index in [4.69, 9.17) is 16.3 Å². The molecule has 5 heteroatoms. The third-order valence-electron chi connectivity index (χ3n) is 3.15. The number of rotatable bonds is 6. The molecule has 4 nitrogen and oxygen atoms in total. The number of benzene rings is 1. The summed E-state index contributed by atoms with van der Waals surface area (Å²) in [5, 5.41) is 0. The minimum Gasteiger partial charge on any atom is -0.494 e. The highest BCUT2D eigenvalue weighted by Crippen LogP contribution is 2.26. The number of hydrogen-bond acceptors (Lipinski definition) is 3. The third-order valence-corrected chi connectivity index (χ3v) is 3.39. The van der Waals surface area contributed by atoms with E-state index in [1.54, 1.807) is 7.11 Å². The smallest absolute Gasteiger partial charge is 0.146 e. The number of nitrogens with zero attached hydrogens (tertiary/aromatic N) is 3. The lowest BCUT2D eigenvalue weighted by molar-refractivity contribution is 0.386. The van der Waals surface area contributed by atoms with Crippen LogP contribution in [0.15, 0.2) is 18.2 Å². The Morgan fingerprint density at radius 1 is 1.37 bits per heavy atom. The largest absolute Gasteiger partial charge is 0.494 e. The molecule has 19 heavy (non-hydrogen) atoms. The van der Waals surface area contributed by atoms with Crippen molar-refractivity contribution in [3.8, 4) is 5.75 Å². The number of para-hydroxylation sites is 1. The van der Waals surface area contributed by atoms with Gasteiger partial charge in [-0.05, 0) is 39.2 Å². The van der Waals surface area contributed by atoms with Crippen LogP contribution in [0.5, 0.6) is 5.75 Å². The van der Waals surface area contributed by atoms with E-state index in [0.29, 0.717) is 5.88 Å². The monoisotopic (exact) mass is 281 g/mol. The minimum atomic E-state index is 0.416. The molecule has 1 heterocycles. The molecular weight excluding hydrogens is 262 g/mol. The molecule has 0 amide bonds. The summed E-state index contributed by atoms with van der Waals surface area (Å²) in [6.45, 7) is 1.97. The molecule has 104 valence electrons. The van der Waals surface area contributed by atoms with Crippen LogP contribution in [0.3, 0.4) is 0 Å². The summed E-state index contributed by atoms with van der Waals surface area (Å²) in [6.07, 6.45) is 1.07. The highest BCUT2D eigenvalue weighted by atomic mass is 35.5. The summed E-state index contributed by atoms with van der Waals surface area (Å²) in [6, 6.07) is 5.98. The first-order chi connectivity index (χ1) is 9.17. The maximum atomic E-state index is 6.01. The highest BCUT2D eigenvalue weighted by Gasteiger charge is 2.12. The van der Waals surface area contributed by atoms with Gasteiger partial charge in [0.2, 0.25) is 0 Å². The molecule has 0 fully saturated rings. The minimum absolute atomic E-state index is 0.416. The number of hydrogen-bond donors (Lipinski definition) is 0. The van der Waals surface area contributed by atoms with E-state index >= 15 is 0 Å². The number of methoxy groups -OCH3 is 1. The normalized spacial score (nSPS) is 11.4. The zero-order valence-corrected chi connectivity index (χ0v) is 12.4. The Morgan fingerprint density at radius 2 is 2.16 bits per heavy atom. The average Bonchev–Trinajstić information content (AvgIpc) is 2.76. The number of alkyl halides is 1. The van der Waals surface area contributed by atoms with Crippen molar-refractivity contribution < 1.29 is 4.74 Å². The summed E-state index contributed by atoms with van der Waals surface area (Å²) >= 11 is 6.01. The van der Waals surface area contributed by atoms with Gasteiger partial charge in [0.25, 0.3) is 0 Å². The number of aryl methyl sites for hydroxylation is 1. The second-order valence-electron chi connectivity index (χ2n) is 4.80. The molecule has 0 aliphatic carbocycles. The molecule has 0 unspecified atom stereocenters. The molecule has 0 atom stereocenters. The van der Waals surface area contributed by atoms with Crippen molar-refractivity contribution in [3.63, 3.8) is 0 Å². The van der Waals surface area contributed by atoms with Crippen LogP contribution in [0.4, 0.5) is 0 Å². The second-order valence-corrected chi connectivity index (χ2v) is 5.07. The number of imidazole rings is 1. The standard InChI is InChI=1S/C14H20ClN3O/c1-17(2)8-5-9-18-11-6-4-7-12(19-3)14(11)16-13(18)10-15/h4,6-7H,5,8-10H2,1-3H3. The third kappa shape index (κ3) is 3.01. The predicted molar refractivity (Wildman–Crippen MR) is 79.0 cm³/mol. The fourth-order valence-electron chi connectivity index (χ4n) is 2.23. The van der Waals surface area contributed by atoms with Gasteiger partial charge in [-0.3, -0.25) is 0 Å². The maximum Gasteiger partial charge on any atom is 0.146 e. The summed E-state index contributed by atoms with van der Waals surface area (Å²) in [7, 11) is 5.83. The number of fused-ring (bicyclic) bond motifs is 1. The molecule has 1 aromatic heterocycles. The summed E-state index contributed by atoms with van der Waals surface area (Å²) < 4.78 is 7.54. The van der Waals surface area contributed by atoms with Gasteiger partial charge in [0.05, 0.1) is 18.5 Å². The van der Waals surface area contributed by atoms with E-state index in [-0.39, 0.29) is 0 Å². The number of aromatic nitrogens is 2. The molecule has 0 N–H and O–H groups in total. The van der Waals surface area contributed by atoms with E-state index in [0.717, 1.165) is 42.1 Å². The Bertz CT molecular complexity index is 551. The van der Waals surface area contributed by atoms with Gasteiger partial charge in [-0.1, -0.05) is 6.07 Å². The molecular formula is C14H20ClN3O. The van der Waals surface area contributed by atoms with Crippen molar-refractivity contribution >= 4 is 22.6 Å². The van der Waals surface area contributed by atoms with E-state index in [1.165, 1.54) is 0 Å². The van der Waals surface area contributed by atoms with Crippen molar-refractivity contribution in [1.82, 2.24) is 14.5 Å². The van der Waals surface area contributed by atoms with Crippen LogP contribution in [0, 0.1) is 0 Å². The van der Waals surface area contributed by atoms with Gasteiger partial charge in [-0.25, -0.2) is 4.98 Å². The van der Waals surface area contributed by atoms with Crippen molar-refractivity contribution in [2.24, 2.45) is 0 Å². The number of halogens is 1. The Balaban J connectivity index is 2.35. The molecule has 0 aliphatic rings. The van der Waals surface area contributed by atoms with Gasteiger partial charge in [-0.2, -0.15) is 0 Å². The molecule has 0 radical (unpaired) electrons. The molecule has 2 rings (SSSR count). The van der Waals surface area contributed by atoms with Crippen LogP contribution in [-0.2, 0) is 12.4 Å². The van der Waals surface area contributed by atoms with Crippen molar-refractivity contribution in [2.75, 3.05) is 27.7 Å².